The third kappa shape index (κ3) is 5.61. The van der Waals surface area contributed by atoms with E-state index in [1.165, 1.54) is 49.7 Å². The number of rotatable bonds is 7. The summed E-state index contributed by atoms with van der Waals surface area (Å²) in [6, 6.07) is 16.9. The van der Waals surface area contributed by atoms with Gasteiger partial charge in [-0.2, -0.15) is 0 Å². The predicted molar refractivity (Wildman–Crippen MR) is 115 cm³/mol. The summed E-state index contributed by atoms with van der Waals surface area (Å²) in [6.07, 6.45) is 8.18. The zero-order chi connectivity index (χ0) is 18.4. The van der Waals surface area contributed by atoms with Crippen molar-refractivity contribution in [1.29, 1.82) is 0 Å². The second-order valence-electron chi connectivity index (χ2n) is 7.98. The average Bonchev–Trinajstić information content (AvgIpc) is 2.68. The SMILES string of the molecule is CCC(C)C[C@H]1CC[C@H](COc2ccc(-c3ccc(Br)cc3)cc2)CC1. The van der Waals surface area contributed by atoms with Crippen molar-refractivity contribution in [2.75, 3.05) is 6.61 Å². The molecule has 2 aromatic rings. The molecule has 0 bridgehead atoms. The van der Waals surface area contributed by atoms with Gasteiger partial charge in [-0.05, 0) is 72.4 Å². The van der Waals surface area contributed by atoms with E-state index in [2.05, 4.69) is 78.3 Å². The van der Waals surface area contributed by atoms with Crippen LogP contribution in [0.1, 0.15) is 52.4 Å². The molecule has 0 aromatic heterocycles. The molecule has 0 aliphatic heterocycles. The van der Waals surface area contributed by atoms with E-state index < -0.39 is 0 Å². The third-order valence-corrected chi connectivity index (χ3v) is 6.45. The number of benzene rings is 2. The minimum atomic E-state index is 0.731. The smallest absolute Gasteiger partial charge is 0.119 e. The van der Waals surface area contributed by atoms with Gasteiger partial charge in [0, 0.05) is 4.47 Å². The van der Waals surface area contributed by atoms with Gasteiger partial charge in [0.25, 0.3) is 0 Å². The summed E-state index contributed by atoms with van der Waals surface area (Å²) in [6.45, 7) is 5.58. The number of ether oxygens (including phenoxy) is 1. The second-order valence-corrected chi connectivity index (χ2v) is 8.89. The molecule has 26 heavy (non-hydrogen) atoms. The van der Waals surface area contributed by atoms with Crippen LogP contribution in [0.15, 0.2) is 53.0 Å². The zero-order valence-electron chi connectivity index (χ0n) is 16.1. The van der Waals surface area contributed by atoms with E-state index in [4.69, 9.17) is 4.74 Å². The van der Waals surface area contributed by atoms with E-state index in [0.717, 1.165) is 34.6 Å². The van der Waals surface area contributed by atoms with Crippen LogP contribution in [0.2, 0.25) is 0 Å². The fraction of sp³-hybridized carbons (Fsp3) is 0.500. The molecule has 140 valence electrons. The fourth-order valence-electron chi connectivity index (χ4n) is 3.97. The predicted octanol–water partition coefficient (Wildman–Crippen LogP) is 7.74. The Morgan fingerprint density at radius 3 is 2.00 bits per heavy atom. The Morgan fingerprint density at radius 1 is 0.885 bits per heavy atom. The minimum Gasteiger partial charge on any atom is -0.493 e. The molecule has 0 saturated heterocycles. The minimum absolute atomic E-state index is 0.731. The Hall–Kier alpha value is -1.28. The lowest BCUT2D eigenvalue weighted by Gasteiger charge is -2.29. The Kier molecular flexibility index (Phi) is 7.19. The molecule has 0 amide bonds. The van der Waals surface area contributed by atoms with E-state index in [1.54, 1.807) is 0 Å². The van der Waals surface area contributed by atoms with Gasteiger partial charge in [0.05, 0.1) is 6.61 Å². The summed E-state index contributed by atoms with van der Waals surface area (Å²) in [7, 11) is 0. The molecule has 0 heterocycles. The Bertz CT molecular complexity index is 654. The molecule has 1 saturated carbocycles. The highest BCUT2D eigenvalue weighted by Crippen LogP contribution is 2.34. The Labute approximate surface area is 167 Å². The van der Waals surface area contributed by atoms with Crippen LogP contribution < -0.4 is 4.74 Å². The standard InChI is InChI=1S/C24H31BrO/c1-3-18(2)16-19-4-6-20(7-5-19)17-26-24-14-10-22(11-15-24)21-8-12-23(25)13-9-21/h8-15,18-20H,3-7,16-17H2,1-2H3/t18?,19-,20-. The normalized spacial score (nSPS) is 21.3. The van der Waals surface area contributed by atoms with Crippen molar-refractivity contribution in [3.05, 3.63) is 53.0 Å². The van der Waals surface area contributed by atoms with Gasteiger partial charge in [-0.1, -0.05) is 73.3 Å². The topological polar surface area (TPSA) is 9.23 Å². The highest BCUT2D eigenvalue weighted by atomic mass is 79.9. The summed E-state index contributed by atoms with van der Waals surface area (Å²) >= 11 is 3.49. The summed E-state index contributed by atoms with van der Waals surface area (Å²) in [5.74, 6) is 3.56. The van der Waals surface area contributed by atoms with Crippen LogP contribution in [-0.4, -0.2) is 6.61 Å². The number of hydrogen-bond donors (Lipinski definition) is 0. The molecule has 0 spiro atoms. The number of hydrogen-bond acceptors (Lipinski definition) is 1. The maximum atomic E-state index is 6.09. The van der Waals surface area contributed by atoms with Crippen LogP contribution >= 0.6 is 15.9 Å². The van der Waals surface area contributed by atoms with E-state index in [1.807, 2.05) is 0 Å². The quantitative estimate of drug-likeness (QED) is 0.449. The molecule has 0 N–H and O–H groups in total. The van der Waals surface area contributed by atoms with Gasteiger partial charge in [-0.25, -0.2) is 0 Å². The van der Waals surface area contributed by atoms with Gasteiger partial charge in [0.2, 0.25) is 0 Å². The van der Waals surface area contributed by atoms with Crippen molar-refractivity contribution >= 4 is 15.9 Å². The average molecular weight is 415 g/mol. The summed E-state index contributed by atoms with van der Waals surface area (Å²) in [5, 5.41) is 0. The zero-order valence-corrected chi connectivity index (χ0v) is 17.7. The molecule has 2 aromatic carbocycles. The maximum Gasteiger partial charge on any atom is 0.119 e. The molecule has 2 heteroatoms. The fourth-order valence-corrected chi connectivity index (χ4v) is 4.23. The van der Waals surface area contributed by atoms with Gasteiger partial charge in [0.15, 0.2) is 0 Å². The first kappa shape index (κ1) is 19.5. The molecule has 1 atom stereocenters. The van der Waals surface area contributed by atoms with Gasteiger partial charge >= 0.3 is 0 Å². The van der Waals surface area contributed by atoms with Crippen LogP contribution in [0.5, 0.6) is 5.75 Å². The molecular weight excluding hydrogens is 384 g/mol. The number of halogens is 1. The van der Waals surface area contributed by atoms with Crippen molar-refractivity contribution in [2.45, 2.75) is 52.4 Å². The lowest BCUT2D eigenvalue weighted by molar-refractivity contribution is 0.171. The van der Waals surface area contributed by atoms with Gasteiger partial charge < -0.3 is 4.74 Å². The van der Waals surface area contributed by atoms with E-state index >= 15 is 0 Å². The highest BCUT2D eigenvalue weighted by Gasteiger charge is 2.22. The Balaban J connectivity index is 1.45. The van der Waals surface area contributed by atoms with E-state index in [-0.39, 0.29) is 0 Å². The lowest BCUT2D eigenvalue weighted by Crippen LogP contribution is -2.21. The lowest BCUT2D eigenvalue weighted by atomic mass is 9.78. The molecule has 3 rings (SSSR count). The van der Waals surface area contributed by atoms with Crippen molar-refractivity contribution in [3.8, 4) is 16.9 Å². The van der Waals surface area contributed by atoms with Crippen molar-refractivity contribution in [1.82, 2.24) is 0 Å². The van der Waals surface area contributed by atoms with Crippen LogP contribution in [0, 0.1) is 17.8 Å². The van der Waals surface area contributed by atoms with Crippen molar-refractivity contribution < 1.29 is 4.74 Å². The van der Waals surface area contributed by atoms with Gasteiger partial charge in [-0.15, -0.1) is 0 Å². The Morgan fingerprint density at radius 2 is 1.42 bits per heavy atom. The van der Waals surface area contributed by atoms with Gasteiger partial charge in [0.1, 0.15) is 5.75 Å². The first-order valence-corrected chi connectivity index (χ1v) is 10.9. The highest BCUT2D eigenvalue weighted by molar-refractivity contribution is 9.10. The maximum absolute atomic E-state index is 6.09. The summed E-state index contributed by atoms with van der Waals surface area (Å²) in [5.41, 5.74) is 2.47. The van der Waals surface area contributed by atoms with Crippen molar-refractivity contribution in [3.63, 3.8) is 0 Å². The second kappa shape index (κ2) is 9.60. The van der Waals surface area contributed by atoms with Crippen LogP contribution in [-0.2, 0) is 0 Å². The van der Waals surface area contributed by atoms with E-state index in [0.29, 0.717) is 0 Å². The molecule has 1 nitrogen and oxygen atoms in total. The molecular formula is C24H31BrO. The first-order chi connectivity index (χ1) is 12.6. The summed E-state index contributed by atoms with van der Waals surface area (Å²) in [4.78, 5) is 0. The largest absolute Gasteiger partial charge is 0.493 e. The monoisotopic (exact) mass is 414 g/mol. The van der Waals surface area contributed by atoms with Gasteiger partial charge in [-0.3, -0.25) is 0 Å². The van der Waals surface area contributed by atoms with Crippen LogP contribution in [0.4, 0.5) is 0 Å². The van der Waals surface area contributed by atoms with Crippen LogP contribution in [0.25, 0.3) is 11.1 Å². The molecule has 1 aliphatic carbocycles. The van der Waals surface area contributed by atoms with Crippen molar-refractivity contribution in [2.24, 2.45) is 17.8 Å². The molecule has 1 fully saturated rings. The molecule has 1 unspecified atom stereocenters. The first-order valence-electron chi connectivity index (χ1n) is 10.1. The van der Waals surface area contributed by atoms with E-state index in [9.17, 15) is 0 Å². The third-order valence-electron chi connectivity index (χ3n) is 5.92. The molecule has 0 radical (unpaired) electrons. The van der Waals surface area contributed by atoms with Crippen LogP contribution in [0.3, 0.4) is 0 Å². The summed E-state index contributed by atoms with van der Waals surface area (Å²) < 4.78 is 7.20. The molecule has 1 aliphatic rings.